The van der Waals surface area contributed by atoms with Crippen LogP contribution < -0.4 is 0 Å². The van der Waals surface area contributed by atoms with Gasteiger partial charge in [-0.3, -0.25) is 9.69 Å². The molecule has 0 aromatic heterocycles. The van der Waals surface area contributed by atoms with Crippen LogP contribution in [-0.2, 0) is 4.79 Å². The highest BCUT2D eigenvalue weighted by molar-refractivity contribution is 5.84. The molecule has 4 heteroatoms. The molecule has 12 atom stereocenters. The summed E-state index contributed by atoms with van der Waals surface area (Å²) in [6.07, 6.45) is 10.2. The highest BCUT2D eigenvalue weighted by atomic mass is 19.1. The summed E-state index contributed by atoms with van der Waals surface area (Å²) in [5, 5.41) is 9.60. The van der Waals surface area contributed by atoms with Crippen LogP contribution >= 0.6 is 0 Å². The summed E-state index contributed by atoms with van der Waals surface area (Å²) >= 11 is 0. The Morgan fingerprint density at radius 3 is 2.62 bits per heavy atom. The minimum Gasteiger partial charge on any atom is -0.298 e. The van der Waals surface area contributed by atoms with Crippen molar-refractivity contribution >= 4 is 5.78 Å². The second-order valence-electron chi connectivity index (χ2n) is 13.2. The van der Waals surface area contributed by atoms with E-state index in [1.165, 1.54) is 6.42 Å². The quantitative estimate of drug-likeness (QED) is 0.558. The molecule has 0 radical (unpaired) electrons. The number of Topliss-reactive ketones (excluding diaryl/α,β-unsaturated/α-hetero) is 1. The highest BCUT2D eigenvalue weighted by Crippen LogP contribution is 2.66. The van der Waals surface area contributed by atoms with Crippen molar-refractivity contribution < 1.29 is 9.18 Å². The lowest BCUT2D eigenvalue weighted by molar-refractivity contribution is -0.146. The third-order valence-corrected chi connectivity index (χ3v) is 12.0. The normalized spacial score (nSPS) is 56.5. The SMILES string of the molecule is CC1CCC2(F)C(CCC3C4CCC(C(=O)CN5C(C#N)CC6C5[C@@H]6C)C4(C)CCC32)C1. The van der Waals surface area contributed by atoms with Crippen LogP contribution in [0.2, 0.25) is 0 Å². The Bertz CT molecular complexity index is 838. The van der Waals surface area contributed by atoms with E-state index in [2.05, 4.69) is 31.7 Å². The van der Waals surface area contributed by atoms with Crippen molar-refractivity contribution in [2.24, 2.45) is 52.8 Å². The van der Waals surface area contributed by atoms with Crippen LogP contribution in [0.5, 0.6) is 0 Å². The number of likely N-dealkylation sites (tertiary alicyclic amines) is 1. The van der Waals surface area contributed by atoms with Crippen molar-refractivity contribution in [2.75, 3.05) is 6.54 Å². The zero-order valence-corrected chi connectivity index (χ0v) is 20.2. The molecule has 0 N–H and O–H groups in total. The number of hydrogen-bond acceptors (Lipinski definition) is 3. The molecule has 6 aliphatic rings. The van der Waals surface area contributed by atoms with Gasteiger partial charge in [0.2, 0.25) is 0 Å². The van der Waals surface area contributed by atoms with Crippen LogP contribution in [-0.4, -0.2) is 35.0 Å². The molecule has 5 saturated carbocycles. The zero-order chi connectivity index (χ0) is 22.4. The number of carbonyl (C=O) groups is 1. The number of halogens is 1. The summed E-state index contributed by atoms with van der Waals surface area (Å²) in [5.74, 6) is 3.95. The van der Waals surface area contributed by atoms with Crippen molar-refractivity contribution in [3.63, 3.8) is 0 Å². The minimum absolute atomic E-state index is 0.0415. The van der Waals surface area contributed by atoms with E-state index in [4.69, 9.17) is 0 Å². The van der Waals surface area contributed by atoms with Gasteiger partial charge in [-0.05, 0) is 111 Å². The first-order chi connectivity index (χ1) is 15.3. The van der Waals surface area contributed by atoms with Gasteiger partial charge in [-0.25, -0.2) is 4.39 Å². The van der Waals surface area contributed by atoms with Gasteiger partial charge in [0.15, 0.2) is 5.78 Å². The Labute approximate surface area is 193 Å². The van der Waals surface area contributed by atoms with Gasteiger partial charge in [-0.1, -0.05) is 20.8 Å². The molecule has 1 aliphatic heterocycles. The predicted molar refractivity (Wildman–Crippen MR) is 122 cm³/mol. The van der Waals surface area contributed by atoms with Gasteiger partial charge < -0.3 is 0 Å². The molecule has 6 rings (SSSR count). The number of fused-ring (bicyclic) bond motifs is 6. The van der Waals surface area contributed by atoms with E-state index < -0.39 is 5.67 Å². The minimum atomic E-state index is -0.939. The van der Waals surface area contributed by atoms with Gasteiger partial charge in [0.25, 0.3) is 0 Å². The summed E-state index contributed by atoms with van der Waals surface area (Å²) < 4.78 is 16.5. The Morgan fingerprint density at radius 2 is 1.84 bits per heavy atom. The Morgan fingerprint density at radius 1 is 1.03 bits per heavy atom. The maximum Gasteiger partial charge on any atom is 0.150 e. The molecule has 32 heavy (non-hydrogen) atoms. The van der Waals surface area contributed by atoms with Crippen LogP contribution in [0, 0.1) is 64.1 Å². The van der Waals surface area contributed by atoms with Crippen LogP contribution in [0.15, 0.2) is 0 Å². The van der Waals surface area contributed by atoms with Crippen molar-refractivity contribution in [3.8, 4) is 6.07 Å². The first kappa shape index (κ1) is 21.6. The number of nitrogens with zero attached hydrogens (tertiary/aromatic N) is 2. The van der Waals surface area contributed by atoms with Crippen molar-refractivity contribution in [1.82, 2.24) is 4.90 Å². The fourth-order valence-electron chi connectivity index (χ4n) is 10.2. The maximum atomic E-state index is 16.5. The number of piperidine rings is 1. The predicted octanol–water partition coefficient (Wildman–Crippen LogP) is 5.78. The van der Waals surface area contributed by atoms with E-state index in [0.29, 0.717) is 48.0 Å². The first-order valence-electron chi connectivity index (χ1n) is 13.6. The third-order valence-electron chi connectivity index (χ3n) is 12.0. The van der Waals surface area contributed by atoms with Gasteiger partial charge in [0.1, 0.15) is 5.67 Å². The van der Waals surface area contributed by atoms with Gasteiger partial charge in [0.05, 0.1) is 18.7 Å². The number of carbonyl (C=O) groups excluding carboxylic acids is 1. The van der Waals surface area contributed by atoms with Crippen LogP contribution in [0.3, 0.4) is 0 Å². The smallest absolute Gasteiger partial charge is 0.150 e. The number of nitriles is 1. The fraction of sp³-hybridized carbons (Fsp3) is 0.929. The summed E-state index contributed by atoms with van der Waals surface area (Å²) in [4.78, 5) is 15.9. The monoisotopic (exact) mass is 440 g/mol. The molecule has 1 saturated heterocycles. The molecule has 1 heterocycles. The molecular formula is C28H41FN2O. The first-order valence-corrected chi connectivity index (χ1v) is 13.6. The number of rotatable bonds is 3. The Kier molecular flexibility index (Phi) is 4.90. The summed E-state index contributed by atoms with van der Waals surface area (Å²) in [6, 6.07) is 2.85. The topological polar surface area (TPSA) is 44.1 Å². The fourth-order valence-corrected chi connectivity index (χ4v) is 10.2. The Balaban J connectivity index is 1.19. The highest BCUT2D eigenvalue weighted by Gasteiger charge is 2.64. The van der Waals surface area contributed by atoms with E-state index in [1.54, 1.807) is 0 Å². The maximum absolute atomic E-state index is 16.5. The number of ketones is 1. The van der Waals surface area contributed by atoms with E-state index in [1.807, 2.05) is 0 Å². The largest absolute Gasteiger partial charge is 0.298 e. The molecule has 176 valence electrons. The third kappa shape index (κ3) is 2.88. The van der Waals surface area contributed by atoms with Gasteiger partial charge in [-0.15, -0.1) is 0 Å². The average Bonchev–Trinajstić information content (AvgIpc) is 3.08. The molecule has 5 aliphatic carbocycles. The number of hydrogen-bond donors (Lipinski definition) is 0. The molecule has 3 nitrogen and oxygen atoms in total. The van der Waals surface area contributed by atoms with E-state index in [0.717, 1.165) is 57.8 Å². The van der Waals surface area contributed by atoms with Gasteiger partial charge in [0, 0.05) is 12.0 Å². The van der Waals surface area contributed by atoms with E-state index >= 15 is 4.39 Å². The Hall–Kier alpha value is -0.950. The lowest BCUT2D eigenvalue weighted by Gasteiger charge is -2.58. The lowest BCUT2D eigenvalue weighted by Crippen LogP contribution is -2.57. The summed E-state index contributed by atoms with van der Waals surface area (Å²) in [5.41, 5.74) is -0.897. The molecular weight excluding hydrogens is 399 g/mol. The van der Waals surface area contributed by atoms with E-state index in [9.17, 15) is 10.1 Å². The average molecular weight is 441 g/mol. The molecule has 6 fully saturated rings. The van der Waals surface area contributed by atoms with E-state index in [-0.39, 0.29) is 29.2 Å². The lowest BCUT2D eigenvalue weighted by atomic mass is 9.48. The van der Waals surface area contributed by atoms with Crippen LogP contribution in [0.25, 0.3) is 0 Å². The number of alkyl halides is 1. The second-order valence-corrected chi connectivity index (χ2v) is 13.2. The standard InChI is InChI=1S/C28H41FN2O/c1-16-8-11-28(29)18(12-16)4-5-20-22-6-7-24(27(22,3)10-9-23(20)28)25(32)15-31-19(14-30)13-21-17(2)26(21)31/h16-24,26H,4-13,15H2,1-3H3/t16?,17-,18?,19?,20?,21?,22?,23?,24?,26?,27?,28?/m1/s1. The second kappa shape index (κ2) is 7.27. The summed E-state index contributed by atoms with van der Waals surface area (Å²) in [6.45, 7) is 7.41. The van der Waals surface area contributed by atoms with Crippen molar-refractivity contribution in [3.05, 3.63) is 0 Å². The van der Waals surface area contributed by atoms with Crippen LogP contribution in [0.1, 0.15) is 85.0 Å². The molecule has 0 aromatic carbocycles. The molecule has 0 amide bonds. The van der Waals surface area contributed by atoms with Crippen LogP contribution in [0.4, 0.5) is 4.39 Å². The molecule has 0 bridgehead atoms. The van der Waals surface area contributed by atoms with Crippen molar-refractivity contribution in [1.29, 1.82) is 5.26 Å². The van der Waals surface area contributed by atoms with Gasteiger partial charge in [-0.2, -0.15) is 5.26 Å². The zero-order valence-electron chi connectivity index (χ0n) is 20.2. The molecule has 0 aromatic rings. The molecule has 0 spiro atoms. The van der Waals surface area contributed by atoms with Crippen molar-refractivity contribution in [2.45, 2.75) is 103 Å². The summed E-state index contributed by atoms with van der Waals surface area (Å²) in [7, 11) is 0. The van der Waals surface area contributed by atoms with Gasteiger partial charge >= 0.3 is 0 Å². The molecule has 11 unspecified atom stereocenters.